The molecule has 1 aromatic rings. The van der Waals surface area contributed by atoms with Crippen LogP contribution in [0.4, 0.5) is 0 Å². The summed E-state index contributed by atoms with van der Waals surface area (Å²) in [5.74, 6) is 0.703. The first kappa shape index (κ1) is 14.4. The van der Waals surface area contributed by atoms with Crippen molar-refractivity contribution in [2.75, 3.05) is 6.54 Å². The molecule has 0 aliphatic heterocycles. The van der Waals surface area contributed by atoms with E-state index in [9.17, 15) is 0 Å². The predicted molar refractivity (Wildman–Crippen MR) is 82.3 cm³/mol. The molecule has 0 saturated heterocycles. The molecule has 1 fully saturated rings. The van der Waals surface area contributed by atoms with Crippen LogP contribution in [0, 0.1) is 5.92 Å². The van der Waals surface area contributed by atoms with E-state index in [0.29, 0.717) is 5.92 Å². The van der Waals surface area contributed by atoms with Crippen LogP contribution in [0.2, 0.25) is 5.02 Å². The highest BCUT2D eigenvalue weighted by atomic mass is 79.9. The van der Waals surface area contributed by atoms with E-state index in [4.69, 9.17) is 11.6 Å². The summed E-state index contributed by atoms with van der Waals surface area (Å²) < 4.78 is 1.05. The van der Waals surface area contributed by atoms with Gasteiger partial charge in [0.05, 0.1) is 0 Å². The molecule has 18 heavy (non-hydrogen) atoms. The van der Waals surface area contributed by atoms with E-state index in [1.165, 1.54) is 31.2 Å². The molecule has 1 aliphatic carbocycles. The minimum atomic E-state index is 0.703. The third kappa shape index (κ3) is 4.56. The Bertz CT molecular complexity index is 390. The summed E-state index contributed by atoms with van der Waals surface area (Å²) in [4.78, 5) is 0. The van der Waals surface area contributed by atoms with Crippen LogP contribution in [0.25, 0.3) is 0 Å². The molecule has 1 nitrogen and oxygen atoms in total. The maximum Gasteiger partial charge on any atom is 0.0449 e. The molecule has 3 heteroatoms. The third-order valence-electron chi connectivity index (χ3n) is 3.49. The fourth-order valence-corrected chi connectivity index (χ4v) is 3.05. The Morgan fingerprint density at radius 1 is 1.44 bits per heavy atom. The van der Waals surface area contributed by atoms with Crippen LogP contribution in [-0.4, -0.2) is 12.6 Å². The van der Waals surface area contributed by atoms with Crippen LogP contribution in [0.3, 0.4) is 0 Å². The summed E-state index contributed by atoms with van der Waals surface area (Å²) in [6.45, 7) is 3.39. The van der Waals surface area contributed by atoms with Gasteiger partial charge in [-0.2, -0.15) is 0 Å². The van der Waals surface area contributed by atoms with E-state index in [1.807, 2.05) is 6.07 Å². The largest absolute Gasteiger partial charge is 0.314 e. The van der Waals surface area contributed by atoms with Gasteiger partial charge in [-0.3, -0.25) is 0 Å². The summed E-state index contributed by atoms with van der Waals surface area (Å²) in [6, 6.07) is 7.02. The van der Waals surface area contributed by atoms with Crippen molar-refractivity contribution in [3.8, 4) is 0 Å². The Labute approximate surface area is 123 Å². The number of nitrogens with one attached hydrogen (secondary N) is 1. The minimum Gasteiger partial charge on any atom is -0.314 e. The zero-order valence-corrected chi connectivity index (χ0v) is 13.2. The summed E-state index contributed by atoms with van der Waals surface area (Å²) in [5.41, 5.74) is 1.27. The molecule has 1 N–H and O–H groups in total. The van der Waals surface area contributed by atoms with Crippen LogP contribution in [-0.2, 0) is 6.42 Å². The number of halogens is 2. The second-order valence-electron chi connectivity index (χ2n) is 5.28. The van der Waals surface area contributed by atoms with Crippen molar-refractivity contribution in [1.29, 1.82) is 0 Å². The van der Waals surface area contributed by atoms with E-state index in [-0.39, 0.29) is 0 Å². The highest BCUT2D eigenvalue weighted by Gasteiger charge is 2.22. The molecule has 0 radical (unpaired) electrons. The van der Waals surface area contributed by atoms with Crippen molar-refractivity contribution < 1.29 is 0 Å². The van der Waals surface area contributed by atoms with Gasteiger partial charge in [-0.25, -0.2) is 0 Å². The molecule has 100 valence electrons. The predicted octanol–water partition coefficient (Wildman–Crippen LogP) is 4.81. The van der Waals surface area contributed by atoms with Crippen LogP contribution in [0.1, 0.15) is 38.2 Å². The number of hydrogen-bond donors (Lipinski definition) is 1. The van der Waals surface area contributed by atoms with Crippen molar-refractivity contribution in [1.82, 2.24) is 5.32 Å². The normalized spacial score (nSPS) is 16.8. The topological polar surface area (TPSA) is 12.0 Å². The molecule has 1 atom stereocenters. The lowest BCUT2D eigenvalue weighted by molar-refractivity contribution is 0.437. The average Bonchev–Trinajstić information content (AvgIpc) is 3.13. The first-order valence-electron chi connectivity index (χ1n) is 6.86. The van der Waals surface area contributed by atoms with Crippen molar-refractivity contribution in [2.24, 2.45) is 5.92 Å². The van der Waals surface area contributed by atoms with Gasteiger partial charge in [-0.1, -0.05) is 46.9 Å². The molecule has 1 aliphatic rings. The molecular weight excluding hydrogens is 310 g/mol. The van der Waals surface area contributed by atoms with E-state index in [2.05, 4.69) is 40.3 Å². The first-order chi connectivity index (χ1) is 8.69. The van der Waals surface area contributed by atoms with Gasteiger partial charge < -0.3 is 5.32 Å². The van der Waals surface area contributed by atoms with Gasteiger partial charge in [0.25, 0.3) is 0 Å². The Balaban J connectivity index is 1.92. The molecule has 1 unspecified atom stereocenters. The summed E-state index contributed by atoms with van der Waals surface area (Å²) >= 11 is 9.75. The molecule has 1 saturated carbocycles. The minimum absolute atomic E-state index is 0.703. The molecule has 0 bridgehead atoms. The third-order valence-corrected chi connectivity index (χ3v) is 4.34. The van der Waals surface area contributed by atoms with Crippen molar-refractivity contribution in [3.63, 3.8) is 0 Å². The maximum atomic E-state index is 6.30. The summed E-state index contributed by atoms with van der Waals surface area (Å²) in [7, 11) is 0. The van der Waals surface area contributed by atoms with Crippen LogP contribution >= 0.6 is 27.5 Å². The standard InChI is InChI=1S/C15H21BrClN/c1-2-3-11(10-18-14-6-7-14)8-12-4-5-13(16)9-15(12)17/h4-5,9,11,14,18H,2-3,6-8,10H2,1H3. The Morgan fingerprint density at radius 3 is 2.83 bits per heavy atom. The lowest BCUT2D eigenvalue weighted by Crippen LogP contribution is -2.26. The number of hydrogen-bond acceptors (Lipinski definition) is 1. The van der Waals surface area contributed by atoms with E-state index in [0.717, 1.165) is 28.5 Å². The van der Waals surface area contributed by atoms with Gasteiger partial charge >= 0.3 is 0 Å². The zero-order valence-electron chi connectivity index (χ0n) is 10.9. The van der Waals surface area contributed by atoms with Crippen molar-refractivity contribution in [2.45, 2.75) is 45.1 Å². The summed E-state index contributed by atoms with van der Waals surface area (Å²) in [6.07, 6.45) is 6.31. The Kier molecular flexibility index (Phi) is 5.53. The maximum absolute atomic E-state index is 6.30. The van der Waals surface area contributed by atoms with Gasteiger partial charge in [0.2, 0.25) is 0 Å². The van der Waals surface area contributed by atoms with E-state index < -0.39 is 0 Å². The molecule has 0 spiro atoms. The number of rotatable bonds is 7. The van der Waals surface area contributed by atoms with Gasteiger partial charge in [0.15, 0.2) is 0 Å². The molecule has 0 heterocycles. The van der Waals surface area contributed by atoms with Crippen LogP contribution < -0.4 is 5.32 Å². The lowest BCUT2D eigenvalue weighted by atomic mass is 9.95. The molecular formula is C15H21BrClN. The number of benzene rings is 1. The lowest BCUT2D eigenvalue weighted by Gasteiger charge is -2.17. The van der Waals surface area contributed by atoms with Gasteiger partial charge in [-0.05, 0) is 55.8 Å². The average molecular weight is 331 g/mol. The Hall–Kier alpha value is -0.0500. The molecule has 0 aromatic heterocycles. The van der Waals surface area contributed by atoms with Crippen molar-refractivity contribution >= 4 is 27.5 Å². The Morgan fingerprint density at radius 2 is 2.22 bits per heavy atom. The quantitative estimate of drug-likeness (QED) is 0.756. The molecule has 2 rings (SSSR count). The molecule has 1 aromatic carbocycles. The van der Waals surface area contributed by atoms with Gasteiger partial charge in [0.1, 0.15) is 0 Å². The fraction of sp³-hybridized carbons (Fsp3) is 0.600. The highest BCUT2D eigenvalue weighted by Crippen LogP contribution is 2.26. The highest BCUT2D eigenvalue weighted by molar-refractivity contribution is 9.10. The van der Waals surface area contributed by atoms with E-state index >= 15 is 0 Å². The van der Waals surface area contributed by atoms with E-state index in [1.54, 1.807) is 0 Å². The SMILES string of the molecule is CCCC(CNC1CC1)Cc1ccc(Br)cc1Cl. The molecule has 0 amide bonds. The first-order valence-corrected chi connectivity index (χ1v) is 8.03. The summed E-state index contributed by atoms with van der Waals surface area (Å²) in [5, 5.41) is 4.53. The smallest absolute Gasteiger partial charge is 0.0449 e. The second-order valence-corrected chi connectivity index (χ2v) is 6.60. The second kappa shape index (κ2) is 6.93. The van der Waals surface area contributed by atoms with Crippen molar-refractivity contribution in [3.05, 3.63) is 33.3 Å². The van der Waals surface area contributed by atoms with Gasteiger partial charge in [-0.15, -0.1) is 0 Å². The van der Waals surface area contributed by atoms with Crippen LogP contribution in [0.15, 0.2) is 22.7 Å². The zero-order chi connectivity index (χ0) is 13.0. The monoisotopic (exact) mass is 329 g/mol. The fourth-order valence-electron chi connectivity index (χ4n) is 2.30. The van der Waals surface area contributed by atoms with Gasteiger partial charge in [0, 0.05) is 15.5 Å². The van der Waals surface area contributed by atoms with Crippen LogP contribution in [0.5, 0.6) is 0 Å².